The minimum atomic E-state index is -1.01. The molecular weight excluding hydrogens is 424 g/mol. The normalized spacial score (nSPS) is 12.6. The average molecular weight is 449 g/mol. The number of carboxylic acid groups (broad SMARTS) is 2. The molecule has 168 valence electrons. The zero-order chi connectivity index (χ0) is 24.2. The zero-order valence-electron chi connectivity index (χ0n) is 18.9. The molecule has 0 aliphatic carbocycles. The van der Waals surface area contributed by atoms with E-state index in [-0.39, 0.29) is 11.1 Å². The first-order valence-electron chi connectivity index (χ1n) is 10.9. The molecule has 0 saturated carbocycles. The highest BCUT2D eigenvalue weighted by Gasteiger charge is 2.21. The highest BCUT2D eigenvalue weighted by Crippen LogP contribution is 2.39. The van der Waals surface area contributed by atoms with Crippen LogP contribution in [-0.2, 0) is 9.59 Å². The van der Waals surface area contributed by atoms with E-state index >= 15 is 0 Å². The van der Waals surface area contributed by atoms with Crippen LogP contribution in [0.15, 0.2) is 108 Å². The molecule has 34 heavy (non-hydrogen) atoms. The van der Waals surface area contributed by atoms with Crippen molar-refractivity contribution in [3.05, 3.63) is 130 Å². The van der Waals surface area contributed by atoms with Gasteiger partial charge >= 0.3 is 11.9 Å². The summed E-state index contributed by atoms with van der Waals surface area (Å²) in [5.74, 6) is -2.01. The number of carboxylic acids is 2. The molecule has 4 aromatic rings. The van der Waals surface area contributed by atoms with E-state index in [4.69, 9.17) is 0 Å². The number of carbonyl (C=O) groups is 2. The lowest BCUT2D eigenvalue weighted by atomic mass is 9.84. The fraction of sp³-hybridized carbons (Fsp3) is 0.0667. The van der Waals surface area contributed by atoms with Crippen LogP contribution in [0.1, 0.15) is 36.1 Å². The maximum Gasteiger partial charge on any atom is 0.331 e. The van der Waals surface area contributed by atoms with Crippen molar-refractivity contribution < 1.29 is 19.8 Å². The third kappa shape index (κ3) is 4.26. The van der Waals surface area contributed by atoms with Gasteiger partial charge in [-0.05, 0) is 58.0 Å². The molecule has 0 amide bonds. The Morgan fingerprint density at radius 1 is 0.529 bits per heavy atom. The van der Waals surface area contributed by atoms with Crippen molar-refractivity contribution in [1.82, 2.24) is 0 Å². The quantitative estimate of drug-likeness (QED) is 0.324. The molecule has 0 unspecified atom stereocenters. The van der Waals surface area contributed by atoms with Crippen molar-refractivity contribution in [3.63, 3.8) is 0 Å². The van der Waals surface area contributed by atoms with E-state index in [0.717, 1.165) is 33.0 Å². The highest BCUT2D eigenvalue weighted by molar-refractivity contribution is 6.12. The number of aliphatic carboxylic acids is 2. The van der Waals surface area contributed by atoms with E-state index in [1.54, 1.807) is 13.8 Å². The van der Waals surface area contributed by atoms with Gasteiger partial charge < -0.3 is 10.2 Å². The first-order chi connectivity index (χ1) is 16.4. The minimum Gasteiger partial charge on any atom is -0.478 e. The predicted molar refractivity (Wildman–Crippen MR) is 135 cm³/mol. The van der Waals surface area contributed by atoms with E-state index in [0.29, 0.717) is 11.1 Å². The molecular formula is C30H24O4. The molecule has 2 N–H and O–H groups in total. The largest absolute Gasteiger partial charge is 0.478 e. The van der Waals surface area contributed by atoms with Gasteiger partial charge in [0.05, 0.1) is 0 Å². The summed E-state index contributed by atoms with van der Waals surface area (Å²) in [6.07, 6.45) is 0. The lowest BCUT2D eigenvalue weighted by molar-refractivity contribution is -0.133. The van der Waals surface area contributed by atoms with Gasteiger partial charge in [0.1, 0.15) is 0 Å². The van der Waals surface area contributed by atoms with Crippen LogP contribution < -0.4 is 0 Å². The Labute approximate surface area is 198 Å². The molecule has 4 rings (SSSR count). The molecule has 0 heterocycles. The summed E-state index contributed by atoms with van der Waals surface area (Å²) in [6.45, 7) is 3.20. The Morgan fingerprint density at radius 2 is 0.912 bits per heavy atom. The summed E-state index contributed by atoms with van der Waals surface area (Å²) in [6, 6.07) is 30.3. The second-order valence-corrected chi connectivity index (χ2v) is 8.05. The van der Waals surface area contributed by atoms with Crippen LogP contribution in [0, 0.1) is 0 Å². The van der Waals surface area contributed by atoms with Crippen molar-refractivity contribution in [2.75, 3.05) is 0 Å². The first-order valence-corrected chi connectivity index (χ1v) is 10.9. The van der Waals surface area contributed by atoms with Gasteiger partial charge in [-0.2, -0.15) is 0 Å². The Balaban J connectivity index is 2.16. The number of fused-ring (bicyclic) bond motifs is 1. The average Bonchev–Trinajstić information content (AvgIpc) is 2.85. The third-order valence-electron chi connectivity index (χ3n) is 5.96. The SMILES string of the molecule is CC(C(=O)O)=C(c1ccccc1)c1cccc2cccc(/C(=C(\C)C(=O)O)c3ccccc3)c12. The number of benzene rings is 4. The topological polar surface area (TPSA) is 74.6 Å². The maximum atomic E-state index is 12.1. The molecule has 0 atom stereocenters. The predicted octanol–water partition coefficient (Wildman–Crippen LogP) is 6.65. The van der Waals surface area contributed by atoms with Crippen LogP contribution in [0.25, 0.3) is 21.9 Å². The van der Waals surface area contributed by atoms with Crippen LogP contribution in [-0.4, -0.2) is 22.2 Å². The molecule has 0 radical (unpaired) electrons. The first kappa shape index (κ1) is 22.7. The summed E-state index contributed by atoms with van der Waals surface area (Å²) in [4.78, 5) is 24.2. The second kappa shape index (κ2) is 9.59. The van der Waals surface area contributed by atoms with Gasteiger partial charge in [-0.25, -0.2) is 9.59 Å². The summed E-state index contributed by atoms with van der Waals surface area (Å²) >= 11 is 0. The van der Waals surface area contributed by atoms with Gasteiger partial charge in [0.2, 0.25) is 0 Å². The van der Waals surface area contributed by atoms with E-state index < -0.39 is 11.9 Å². The monoisotopic (exact) mass is 448 g/mol. The lowest BCUT2D eigenvalue weighted by Gasteiger charge is -2.19. The van der Waals surface area contributed by atoms with Crippen molar-refractivity contribution >= 4 is 33.9 Å². The van der Waals surface area contributed by atoms with E-state index in [1.165, 1.54) is 0 Å². The number of hydrogen-bond acceptors (Lipinski definition) is 2. The summed E-state index contributed by atoms with van der Waals surface area (Å²) in [7, 11) is 0. The Kier molecular flexibility index (Phi) is 6.42. The van der Waals surface area contributed by atoms with E-state index in [2.05, 4.69) is 0 Å². The van der Waals surface area contributed by atoms with Gasteiger partial charge in [0.15, 0.2) is 0 Å². The summed E-state index contributed by atoms with van der Waals surface area (Å²) < 4.78 is 0. The fourth-order valence-electron chi connectivity index (χ4n) is 4.33. The molecule has 4 nitrogen and oxygen atoms in total. The Hall–Kier alpha value is -4.44. The third-order valence-corrected chi connectivity index (χ3v) is 5.96. The zero-order valence-corrected chi connectivity index (χ0v) is 18.9. The van der Waals surface area contributed by atoms with Gasteiger partial charge in [-0.3, -0.25) is 0 Å². The standard InChI is InChI=1S/C30H24O4/c1-19(29(31)32)26(21-11-5-3-6-12-21)24-17-9-15-23-16-10-18-25(28(23)24)27(20(2)30(33)34)22-13-7-4-8-14-22/h3-18H,1-2H3,(H,31,32)(H,33,34)/b26-19+,27-20?. The molecule has 0 aliphatic rings. The molecule has 0 aliphatic heterocycles. The lowest BCUT2D eigenvalue weighted by Crippen LogP contribution is -2.05. The van der Waals surface area contributed by atoms with Gasteiger partial charge in [-0.1, -0.05) is 97.1 Å². The van der Waals surface area contributed by atoms with Crippen molar-refractivity contribution in [2.45, 2.75) is 13.8 Å². The van der Waals surface area contributed by atoms with E-state index in [1.807, 2.05) is 97.1 Å². The summed E-state index contributed by atoms with van der Waals surface area (Å²) in [5, 5.41) is 21.5. The van der Waals surface area contributed by atoms with Gasteiger partial charge in [-0.15, -0.1) is 0 Å². The summed E-state index contributed by atoms with van der Waals surface area (Å²) in [5.41, 5.74) is 4.69. The van der Waals surface area contributed by atoms with E-state index in [9.17, 15) is 19.8 Å². The van der Waals surface area contributed by atoms with Gasteiger partial charge in [0.25, 0.3) is 0 Å². The number of hydrogen-bond donors (Lipinski definition) is 2. The van der Waals surface area contributed by atoms with Crippen LogP contribution >= 0.6 is 0 Å². The van der Waals surface area contributed by atoms with Crippen molar-refractivity contribution in [3.8, 4) is 0 Å². The van der Waals surface area contributed by atoms with Gasteiger partial charge in [0, 0.05) is 11.1 Å². The molecule has 0 bridgehead atoms. The van der Waals surface area contributed by atoms with Crippen LogP contribution in [0.5, 0.6) is 0 Å². The molecule has 0 saturated heterocycles. The molecule has 4 heteroatoms. The Morgan fingerprint density at radius 3 is 1.26 bits per heavy atom. The van der Waals surface area contributed by atoms with Crippen LogP contribution in [0.3, 0.4) is 0 Å². The van der Waals surface area contributed by atoms with Crippen LogP contribution in [0.4, 0.5) is 0 Å². The van der Waals surface area contributed by atoms with Crippen LogP contribution in [0.2, 0.25) is 0 Å². The maximum absolute atomic E-state index is 12.1. The fourth-order valence-corrected chi connectivity index (χ4v) is 4.33. The molecule has 4 aromatic carbocycles. The molecule has 0 aromatic heterocycles. The minimum absolute atomic E-state index is 0.216. The molecule has 0 spiro atoms. The molecule has 0 fully saturated rings. The second-order valence-electron chi connectivity index (χ2n) is 8.05. The van der Waals surface area contributed by atoms with Crippen molar-refractivity contribution in [1.29, 1.82) is 0 Å². The highest BCUT2D eigenvalue weighted by atomic mass is 16.4. The smallest absolute Gasteiger partial charge is 0.331 e. The number of rotatable bonds is 6. The Bertz CT molecular complexity index is 1340. The van der Waals surface area contributed by atoms with Crippen molar-refractivity contribution in [2.24, 2.45) is 0 Å².